The van der Waals surface area contributed by atoms with Crippen LogP contribution in [0.1, 0.15) is 19.5 Å². The van der Waals surface area contributed by atoms with Crippen molar-refractivity contribution in [3.05, 3.63) is 36.0 Å². The first-order valence-corrected chi connectivity index (χ1v) is 7.07. The number of anilines is 1. The molecule has 0 spiro atoms. The number of ether oxygens (including phenoxy) is 1. The number of para-hydroxylation sites is 1. The first-order valence-electron chi connectivity index (χ1n) is 7.07. The van der Waals surface area contributed by atoms with Crippen LogP contribution in [-0.2, 0) is 11.3 Å². The molecule has 0 radical (unpaired) electrons. The topological polar surface area (TPSA) is 51.4 Å². The molecule has 0 amide bonds. The lowest BCUT2D eigenvalue weighted by Gasteiger charge is -2.40. The highest BCUT2D eigenvalue weighted by Gasteiger charge is 2.28. The van der Waals surface area contributed by atoms with Crippen molar-refractivity contribution in [1.29, 1.82) is 0 Å². The number of nitrogens with two attached hydrogens (primary N) is 1. The number of nitrogens with zero attached hydrogens (tertiary/aromatic N) is 2. The Kier molecular flexibility index (Phi) is 3.36. The predicted molar refractivity (Wildman–Crippen MR) is 81.9 cm³/mol. The summed E-state index contributed by atoms with van der Waals surface area (Å²) in [6.07, 6.45) is 0. The fourth-order valence-electron chi connectivity index (χ4n) is 2.80. The summed E-state index contributed by atoms with van der Waals surface area (Å²) in [4.78, 5) is 6.98. The van der Waals surface area contributed by atoms with Crippen LogP contribution < -0.4 is 10.6 Å². The third-order valence-electron chi connectivity index (χ3n) is 3.72. The molecule has 0 aliphatic carbocycles. The van der Waals surface area contributed by atoms with Gasteiger partial charge in [0.15, 0.2) is 0 Å². The maximum Gasteiger partial charge on any atom is 0.0801 e. The molecule has 20 heavy (non-hydrogen) atoms. The molecular formula is C16H21N3O. The van der Waals surface area contributed by atoms with Crippen LogP contribution in [0.25, 0.3) is 10.9 Å². The molecule has 1 fully saturated rings. The summed E-state index contributed by atoms with van der Waals surface area (Å²) < 4.78 is 5.80. The lowest BCUT2D eigenvalue weighted by atomic mass is 10.0. The molecule has 1 saturated heterocycles. The standard InChI is InChI=1S/C16H21N3O/c1-16(2)11-19(7-8-20-16)15-9-12(10-17)18-14-6-4-3-5-13(14)15/h3-6,9H,7-8,10-11,17H2,1-2H3. The number of hydrogen-bond donors (Lipinski definition) is 1. The van der Waals surface area contributed by atoms with Gasteiger partial charge in [-0.15, -0.1) is 0 Å². The van der Waals surface area contributed by atoms with Gasteiger partial charge in [0.25, 0.3) is 0 Å². The average Bonchev–Trinajstić information content (AvgIpc) is 2.45. The third-order valence-corrected chi connectivity index (χ3v) is 3.72. The minimum atomic E-state index is -0.120. The molecular weight excluding hydrogens is 250 g/mol. The van der Waals surface area contributed by atoms with Crippen LogP contribution in [0.4, 0.5) is 5.69 Å². The number of rotatable bonds is 2. The minimum absolute atomic E-state index is 0.120. The van der Waals surface area contributed by atoms with Gasteiger partial charge in [0.2, 0.25) is 0 Å². The van der Waals surface area contributed by atoms with E-state index in [1.54, 1.807) is 0 Å². The zero-order valence-electron chi connectivity index (χ0n) is 12.1. The SMILES string of the molecule is CC1(C)CN(c2cc(CN)nc3ccccc23)CCO1. The van der Waals surface area contributed by atoms with Crippen molar-refractivity contribution in [1.82, 2.24) is 4.98 Å². The number of aromatic nitrogens is 1. The van der Waals surface area contributed by atoms with Crippen LogP contribution in [0.5, 0.6) is 0 Å². The van der Waals surface area contributed by atoms with E-state index >= 15 is 0 Å². The molecule has 0 unspecified atom stereocenters. The van der Waals surface area contributed by atoms with Crippen LogP contribution in [0.2, 0.25) is 0 Å². The fraction of sp³-hybridized carbons (Fsp3) is 0.438. The lowest BCUT2D eigenvalue weighted by molar-refractivity contribution is -0.0276. The van der Waals surface area contributed by atoms with Crippen molar-refractivity contribution < 1.29 is 4.74 Å². The molecule has 1 aromatic heterocycles. The normalized spacial score (nSPS) is 18.4. The number of morpholine rings is 1. The quantitative estimate of drug-likeness (QED) is 0.910. The Bertz CT molecular complexity index is 624. The van der Waals surface area contributed by atoms with E-state index in [-0.39, 0.29) is 5.60 Å². The summed E-state index contributed by atoms with van der Waals surface area (Å²) in [5, 5.41) is 1.18. The van der Waals surface area contributed by atoms with E-state index in [1.165, 1.54) is 11.1 Å². The zero-order valence-corrected chi connectivity index (χ0v) is 12.1. The van der Waals surface area contributed by atoms with Gasteiger partial charge in [-0.05, 0) is 26.0 Å². The number of fused-ring (bicyclic) bond motifs is 1. The van der Waals surface area contributed by atoms with Gasteiger partial charge in [0, 0.05) is 30.7 Å². The van der Waals surface area contributed by atoms with E-state index in [0.717, 1.165) is 30.9 Å². The van der Waals surface area contributed by atoms with Crippen molar-refractivity contribution in [2.75, 3.05) is 24.6 Å². The highest BCUT2D eigenvalue weighted by atomic mass is 16.5. The second-order valence-electron chi connectivity index (χ2n) is 5.88. The second-order valence-corrected chi connectivity index (χ2v) is 5.88. The van der Waals surface area contributed by atoms with Crippen molar-refractivity contribution in [2.45, 2.75) is 26.0 Å². The fourth-order valence-corrected chi connectivity index (χ4v) is 2.80. The van der Waals surface area contributed by atoms with Gasteiger partial charge in [-0.2, -0.15) is 0 Å². The first kappa shape index (κ1) is 13.3. The highest BCUT2D eigenvalue weighted by Crippen LogP contribution is 2.30. The van der Waals surface area contributed by atoms with Crippen LogP contribution in [0.3, 0.4) is 0 Å². The average molecular weight is 271 g/mol. The van der Waals surface area contributed by atoms with Crippen molar-refractivity contribution >= 4 is 16.6 Å². The summed E-state index contributed by atoms with van der Waals surface area (Å²) in [6, 6.07) is 10.4. The number of pyridine rings is 1. The van der Waals surface area contributed by atoms with Gasteiger partial charge < -0.3 is 15.4 Å². The van der Waals surface area contributed by atoms with E-state index in [0.29, 0.717) is 6.54 Å². The zero-order chi connectivity index (χ0) is 14.2. The Balaban J connectivity index is 2.09. The van der Waals surface area contributed by atoms with Crippen molar-refractivity contribution in [2.24, 2.45) is 5.73 Å². The van der Waals surface area contributed by atoms with Crippen molar-refractivity contribution in [3.63, 3.8) is 0 Å². The van der Waals surface area contributed by atoms with Gasteiger partial charge in [0.1, 0.15) is 0 Å². The van der Waals surface area contributed by atoms with Crippen molar-refractivity contribution in [3.8, 4) is 0 Å². The molecule has 4 heteroatoms. The van der Waals surface area contributed by atoms with Gasteiger partial charge in [-0.3, -0.25) is 4.98 Å². The maximum atomic E-state index is 5.80. The number of benzene rings is 1. The molecule has 106 valence electrons. The molecule has 2 N–H and O–H groups in total. The van der Waals surface area contributed by atoms with Crippen LogP contribution in [0, 0.1) is 0 Å². The van der Waals surface area contributed by atoms with E-state index < -0.39 is 0 Å². The Labute approximate surface area is 119 Å². The smallest absolute Gasteiger partial charge is 0.0801 e. The summed E-state index contributed by atoms with van der Waals surface area (Å²) in [7, 11) is 0. The van der Waals surface area contributed by atoms with Crippen LogP contribution in [0.15, 0.2) is 30.3 Å². The summed E-state index contributed by atoms with van der Waals surface area (Å²) in [5.41, 5.74) is 8.82. The van der Waals surface area contributed by atoms with E-state index in [2.05, 4.69) is 41.9 Å². The molecule has 0 bridgehead atoms. The molecule has 4 nitrogen and oxygen atoms in total. The monoisotopic (exact) mass is 271 g/mol. The third kappa shape index (κ3) is 2.49. The molecule has 0 saturated carbocycles. The van der Waals surface area contributed by atoms with Crippen LogP contribution >= 0.6 is 0 Å². The van der Waals surface area contributed by atoms with E-state index in [9.17, 15) is 0 Å². The second kappa shape index (κ2) is 5.04. The predicted octanol–water partition coefficient (Wildman–Crippen LogP) is 2.31. The molecule has 1 aliphatic heterocycles. The maximum absolute atomic E-state index is 5.80. The van der Waals surface area contributed by atoms with Crippen LogP contribution in [-0.4, -0.2) is 30.3 Å². The van der Waals surface area contributed by atoms with Gasteiger partial charge in [-0.1, -0.05) is 18.2 Å². The molecule has 3 rings (SSSR count). The molecule has 2 heterocycles. The summed E-state index contributed by atoms with van der Waals surface area (Å²) in [5.74, 6) is 0. The first-order chi connectivity index (χ1) is 9.59. The van der Waals surface area contributed by atoms with Gasteiger partial charge in [0.05, 0.1) is 23.4 Å². The number of hydrogen-bond acceptors (Lipinski definition) is 4. The molecule has 1 aliphatic rings. The molecule has 2 aromatic rings. The van der Waals surface area contributed by atoms with E-state index in [1.807, 2.05) is 12.1 Å². The lowest BCUT2D eigenvalue weighted by Crippen LogP contribution is -2.48. The van der Waals surface area contributed by atoms with Gasteiger partial charge in [-0.25, -0.2) is 0 Å². The largest absolute Gasteiger partial charge is 0.372 e. The Morgan fingerprint density at radius 1 is 1.35 bits per heavy atom. The Morgan fingerprint density at radius 3 is 2.90 bits per heavy atom. The minimum Gasteiger partial charge on any atom is -0.372 e. The Hall–Kier alpha value is -1.65. The highest BCUT2D eigenvalue weighted by molar-refractivity contribution is 5.92. The van der Waals surface area contributed by atoms with E-state index in [4.69, 9.17) is 10.5 Å². The molecule has 1 aromatic carbocycles. The van der Waals surface area contributed by atoms with Gasteiger partial charge >= 0.3 is 0 Å². The summed E-state index contributed by atoms with van der Waals surface area (Å²) >= 11 is 0. The molecule has 0 atom stereocenters. The Morgan fingerprint density at radius 2 is 2.15 bits per heavy atom. The summed E-state index contributed by atoms with van der Waals surface area (Å²) in [6.45, 7) is 7.26.